The second-order valence-corrected chi connectivity index (χ2v) is 7.96. The molecule has 1 aromatic carbocycles. The Bertz CT molecular complexity index is 1070. The molecule has 1 saturated heterocycles. The quantitative estimate of drug-likeness (QED) is 0.688. The fourth-order valence-corrected chi connectivity index (χ4v) is 4.39. The highest BCUT2D eigenvalue weighted by Crippen LogP contribution is 2.29. The molecule has 2 aromatic heterocycles. The first kappa shape index (κ1) is 19.0. The summed E-state index contributed by atoms with van der Waals surface area (Å²) in [7, 11) is 0. The van der Waals surface area contributed by atoms with Crippen molar-refractivity contribution in [1.82, 2.24) is 20.2 Å². The van der Waals surface area contributed by atoms with E-state index < -0.39 is 0 Å². The minimum absolute atomic E-state index is 0.00669. The van der Waals surface area contributed by atoms with Crippen molar-refractivity contribution in [2.45, 2.75) is 18.9 Å². The number of hydrogen-bond donors (Lipinski definition) is 2. The summed E-state index contributed by atoms with van der Waals surface area (Å²) >= 11 is 0. The summed E-state index contributed by atoms with van der Waals surface area (Å²) in [5.74, 6) is 0.00669. The zero-order chi connectivity index (χ0) is 20.3. The number of pyridine rings is 1. The third-order valence-electron chi connectivity index (χ3n) is 6.03. The van der Waals surface area contributed by atoms with Crippen molar-refractivity contribution >= 4 is 23.0 Å². The Morgan fingerprint density at radius 2 is 2.00 bits per heavy atom. The lowest BCUT2D eigenvalue weighted by Crippen LogP contribution is -2.43. The van der Waals surface area contributed by atoms with E-state index in [1.165, 1.54) is 5.56 Å². The van der Waals surface area contributed by atoms with Gasteiger partial charge in [-0.3, -0.25) is 9.69 Å². The van der Waals surface area contributed by atoms with Crippen LogP contribution in [0.5, 0.6) is 0 Å². The molecular formula is C24H26N4O2. The highest BCUT2D eigenvalue weighted by molar-refractivity contribution is 6.02. The van der Waals surface area contributed by atoms with Gasteiger partial charge in [0.2, 0.25) is 5.91 Å². The van der Waals surface area contributed by atoms with E-state index in [-0.39, 0.29) is 11.9 Å². The van der Waals surface area contributed by atoms with Crippen molar-refractivity contribution in [2.75, 3.05) is 32.8 Å². The standard InChI is InChI=1S/C24H26N4O2/c29-24(19-7-6-18-8-9-25-23-22(18)20(14-19)15-26-23)27-21(17-4-2-1-3-5-17)16-28-10-12-30-13-11-28/h1-5,8-9,14-15,21H,6-7,10-13,16H2,(H,25,26)(H,27,29)/t21-/m1/s1. The molecule has 1 atom stereocenters. The second kappa shape index (κ2) is 8.42. The largest absolute Gasteiger partial charge is 0.379 e. The monoisotopic (exact) mass is 402 g/mol. The lowest BCUT2D eigenvalue weighted by Gasteiger charge is -2.31. The number of ether oxygens (including phenoxy) is 1. The third kappa shape index (κ3) is 3.88. The van der Waals surface area contributed by atoms with Crippen LogP contribution in [0.25, 0.3) is 17.1 Å². The Morgan fingerprint density at radius 1 is 1.17 bits per heavy atom. The number of H-pyrrole nitrogens is 1. The maximum absolute atomic E-state index is 13.3. The van der Waals surface area contributed by atoms with Crippen molar-refractivity contribution in [1.29, 1.82) is 0 Å². The Balaban J connectivity index is 1.38. The number of amides is 1. The van der Waals surface area contributed by atoms with Gasteiger partial charge in [0.25, 0.3) is 0 Å². The third-order valence-corrected chi connectivity index (χ3v) is 6.03. The second-order valence-electron chi connectivity index (χ2n) is 7.96. The number of aryl methyl sites for hydroxylation is 1. The number of aromatic nitrogens is 2. The summed E-state index contributed by atoms with van der Waals surface area (Å²) in [5.41, 5.74) is 5.11. The molecule has 2 N–H and O–H groups in total. The van der Waals surface area contributed by atoms with Gasteiger partial charge in [-0.05, 0) is 36.1 Å². The van der Waals surface area contributed by atoms with Crippen molar-refractivity contribution < 1.29 is 9.53 Å². The van der Waals surface area contributed by atoms with E-state index in [1.807, 2.05) is 36.7 Å². The topological polar surface area (TPSA) is 70.2 Å². The Morgan fingerprint density at radius 3 is 2.83 bits per heavy atom. The van der Waals surface area contributed by atoms with E-state index in [4.69, 9.17) is 4.74 Å². The molecule has 1 fully saturated rings. The number of rotatable bonds is 5. The van der Waals surface area contributed by atoms with Crippen molar-refractivity contribution in [3.05, 3.63) is 71.1 Å². The van der Waals surface area contributed by atoms with Crippen LogP contribution in [0.1, 0.15) is 29.2 Å². The molecule has 5 rings (SSSR count). The summed E-state index contributed by atoms with van der Waals surface area (Å²) in [5, 5.41) is 4.45. The van der Waals surface area contributed by atoms with Crippen molar-refractivity contribution in [2.24, 2.45) is 0 Å². The lowest BCUT2D eigenvalue weighted by atomic mass is 10.0. The number of morpholine rings is 1. The molecule has 154 valence electrons. The number of aromatic amines is 1. The number of hydrogen-bond acceptors (Lipinski definition) is 4. The molecule has 0 spiro atoms. The predicted molar refractivity (Wildman–Crippen MR) is 117 cm³/mol. The summed E-state index contributed by atoms with van der Waals surface area (Å²) in [6, 6.07) is 12.2. The van der Waals surface area contributed by atoms with Crippen LogP contribution in [0.4, 0.5) is 0 Å². The van der Waals surface area contributed by atoms with Gasteiger partial charge in [0, 0.05) is 48.6 Å². The molecule has 30 heavy (non-hydrogen) atoms. The van der Waals surface area contributed by atoms with Crippen molar-refractivity contribution in [3.63, 3.8) is 0 Å². The maximum atomic E-state index is 13.3. The highest BCUT2D eigenvalue weighted by atomic mass is 16.5. The number of benzene rings is 1. The molecule has 0 bridgehead atoms. The van der Waals surface area contributed by atoms with E-state index in [0.717, 1.165) is 73.4 Å². The average molecular weight is 402 g/mol. The molecule has 0 saturated carbocycles. The van der Waals surface area contributed by atoms with Gasteiger partial charge in [-0.2, -0.15) is 0 Å². The first-order valence-electron chi connectivity index (χ1n) is 10.6. The van der Waals surface area contributed by atoms with Gasteiger partial charge in [-0.15, -0.1) is 0 Å². The maximum Gasteiger partial charge on any atom is 0.247 e. The molecule has 0 unspecified atom stereocenters. The van der Waals surface area contributed by atoms with E-state index >= 15 is 0 Å². The summed E-state index contributed by atoms with van der Waals surface area (Å²) in [6.45, 7) is 4.06. The molecule has 6 nitrogen and oxygen atoms in total. The minimum Gasteiger partial charge on any atom is -0.379 e. The Hall–Kier alpha value is -2.96. The average Bonchev–Trinajstić information content (AvgIpc) is 3.10. The molecule has 2 aliphatic rings. The van der Waals surface area contributed by atoms with Crippen LogP contribution in [0, 0.1) is 0 Å². The molecule has 1 amide bonds. The zero-order valence-corrected chi connectivity index (χ0v) is 16.9. The SMILES string of the molecule is O=C(N[C@H](CN1CCOCC1)c1ccccc1)C1=Cc2c[nH]c3nccc(c23)CC1. The van der Waals surface area contributed by atoms with Gasteiger partial charge in [0.1, 0.15) is 5.65 Å². The van der Waals surface area contributed by atoms with E-state index in [0.29, 0.717) is 0 Å². The van der Waals surface area contributed by atoms with Gasteiger partial charge < -0.3 is 15.0 Å². The van der Waals surface area contributed by atoms with Crippen LogP contribution >= 0.6 is 0 Å². The smallest absolute Gasteiger partial charge is 0.247 e. The van der Waals surface area contributed by atoms with Gasteiger partial charge in [0.05, 0.1) is 19.3 Å². The van der Waals surface area contributed by atoms with Crippen LogP contribution in [0.2, 0.25) is 0 Å². The molecule has 3 aromatic rings. The number of nitrogens with zero attached hydrogens (tertiary/aromatic N) is 2. The van der Waals surface area contributed by atoms with Gasteiger partial charge in [0.15, 0.2) is 0 Å². The molecule has 3 heterocycles. The summed E-state index contributed by atoms with van der Waals surface area (Å²) in [4.78, 5) is 23.3. The number of carbonyl (C=O) groups excluding carboxylic acids is 1. The molecule has 1 aliphatic carbocycles. The highest BCUT2D eigenvalue weighted by Gasteiger charge is 2.23. The Labute approximate surface area is 175 Å². The van der Waals surface area contributed by atoms with Crippen LogP contribution in [0.3, 0.4) is 0 Å². The van der Waals surface area contributed by atoms with E-state index in [1.54, 1.807) is 0 Å². The molecular weight excluding hydrogens is 376 g/mol. The Kier molecular flexibility index (Phi) is 5.34. The fourth-order valence-electron chi connectivity index (χ4n) is 4.39. The number of carbonyl (C=O) groups is 1. The normalized spacial score (nSPS) is 17.9. The molecule has 0 radical (unpaired) electrons. The minimum atomic E-state index is -0.0590. The van der Waals surface area contributed by atoms with E-state index in [9.17, 15) is 4.79 Å². The fraction of sp³-hybridized carbons (Fsp3) is 0.333. The zero-order valence-electron chi connectivity index (χ0n) is 16.9. The van der Waals surface area contributed by atoms with E-state index in [2.05, 4.69) is 38.4 Å². The van der Waals surface area contributed by atoms with Crippen LogP contribution < -0.4 is 5.32 Å². The summed E-state index contributed by atoms with van der Waals surface area (Å²) < 4.78 is 5.48. The van der Waals surface area contributed by atoms with Crippen LogP contribution in [-0.4, -0.2) is 53.6 Å². The van der Waals surface area contributed by atoms with Crippen LogP contribution in [-0.2, 0) is 16.0 Å². The van der Waals surface area contributed by atoms with Gasteiger partial charge in [-0.25, -0.2) is 4.98 Å². The predicted octanol–water partition coefficient (Wildman–Crippen LogP) is 3.08. The lowest BCUT2D eigenvalue weighted by molar-refractivity contribution is -0.118. The molecule has 6 heteroatoms. The van der Waals surface area contributed by atoms with Crippen molar-refractivity contribution in [3.8, 4) is 0 Å². The first-order valence-corrected chi connectivity index (χ1v) is 10.6. The number of nitrogens with one attached hydrogen (secondary N) is 2. The first-order chi connectivity index (χ1) is 14.8. The van der Waals surface area contributed by atoms with Gasteiger partial charge in [-0.1, -0.05) is 30.3 Å². The van der Waals surface area contributed by atoms with Crippen LogP contribution in [0.15, 0.2) is 54.4 Å². The molecule has 1 aliphatic heterocycles. The van der Waals surface area contributed by atoms with Gasteiger partial charge >= 0.3 is 0 Å². The summed E-state index contributed by atoms with van der Waals surface area (Å²) in [6.07, 6.45) is 7.35.